The van der Waals surface area contributed by atoms with Gasteiger partial charge in [0, 0.05) is 21.7 Å². The predicted molar refractivity (Wildman–Crippen MR) is 70.0 cm³/mol. The number of nitrogens with one attached hydrogen (secondary N) is 1. The fraction of sp³-hybridized carbons (Fsp3) is 0.273. The molecule has 0 aromatic carbocycles. The van der Waals surface area contributed by atoms with E-state index in [1.54, 1.807) is 25.4 Å². The number of hydrogen-bond donors (Lipinski definition) is 1. The van der Waals surface area contributed by atoms with Gasteiger partial charge in [0.1, 0.15) is 0 Å². The number of hydrogen-bond acceptors (Lipinski definition) is 4. The number of pyridine rings is 1. The molecule has 3 nitrogen and oxygen atoms in total. The number of rotatable bonds is 3. The fourth-order valence-electron chi connectivity index (χ4n) is 1.58. The highest BCUT2D eigenvalue weighted by Gasteiger charge is 2.35. The van der Waals surface area contributed by atoms with Crippen molar-refractivity contribution in [2.45, 2.75) is 12.2 Å². The van der Waals surface area contributed by atoms with Crippen LogP contribution in [0.25, 0.3) is 0 Å². The van der Waals surface area contributed by atoms with Gasteiger partial charge in [0.25, 0.3) is 0 Å². The van der Waals surface area contributed by atoms with E-state index in [0.29, 0.717) is 21.9 Å². The molecule has 0 aliphatic rings. The lowest BCUT2D eigenvalue weighted by Gasteiger charge is -2.14. The number of alkyl halides is 3. The Morgan fingerprint density at radius 1 is 1.37 bits per heavy atom. The second-order valence-electron chi connectivity index (χ2n) is 3.66. The topological polar surface area (TPSA) is 37.8 Å². The number of halogens is 4. The third kappa shape index (κ3) is 3.13. The summed E-state index contributed by atoms with van der Waals surface area (Å²) in [6.45, 7) is 0. The molecule has 0 radical (unpaired) electrons. The summed E-state index contributed by atoms with van der Waals surface area (Å²) in [5.74, 6) is 0. The smallest absolute Gasteiger partial charge is 0.307 e. The predicted octanol–water partition coefficient (Wildman–Crippen LogP) is 3.63. The molecule has 2 aromatic heterocycles. The third-order valence-corrected chi connectivity index (χ3v) is 4.18. The van der Waals surface area contributed by atoms with E-state index in [4.69, 9.17) is 0 Å². The summed E-state index contributed by atoms with van der Waals surface area (Å²) in [5.41, 5.74) is 0.627. The van der Waals surface area contributed by atoms with E-state index in [1.807, 2.05) is 0 Å². The molecule has 8 heteroatoms. The van der Waals surface area contributed by atoms with Crippen molar-refractivity contribution in [1.82, 2.24) is 15.3 Å². The normalized spacial score (nSPS) is 13.5. The quantitative estimate of drug-likeness (QED) is 0.917. The molecule has 0 aliphatic heterocycles. The van der Waals surface area contributed by atoms with E-state index in [0.717, 1.165) is 4.47 Å². The van der Waals surface area contributed by atoms with Crippen LogP contribution < -0.4 is 5.32 Å². The van der Waals surface area contributed by atoms with E-state index in [9.17, 15) is 13.2 Å². The zero-order valence-electron chi connectivity index (χ0n) is 9.70. The van der Waals surface area contributed by atoms with Crippen molar-refractivity contribution in [3.8, 4) is 0 Å². The van der Waals surface area contributed by atoms with Gasteiger partial charge in [-0.3, -0.25) is 4.98 Å². The van der Waals surface area contributed by atoms with Crippen LogP contribution in [0.4, 0.5) is 13.2 Å². The van der Waals surface area contributed by atoms with Crippen LogP contribution in [-0.2, 0) is 6.18 Å². The van der Waals surface area contributed by atoms with Crippen molar-refractivity contribution in [3.05, 3.63) is 44.6 Å². The molecule has 1 N–H and O–H groups in total. The van der Waals surface area contributed by atoms with Gasteiger partial charge >= 0.3 is 6.18 Å². The summed E-state index contributed by atoms with van der Waals surface area (Å²) in [6, 6.07) is 3.11. The molecule has 19 heavy (non-hydrogen) atoms. The fourth-order valence-corrected chi connectivity index (χ4v) is 2.96. The van der Waals surface area contributed by atoms with E-state index in [2.05, 4.69) is 31.2 Å². The summed E-state index contributed by atoms with van der Waals surface area (Å²) in [5, 5.41) is 2.10. The molecule has 0 aliphatic carbocycles. The van der Waals surface area contributed by atoms with Gasteiger partial charge in [0.05, 0.1) is 11.7 Å². The maximum atomic E-state index is 12.6. The number of thiazole rings is 1. The van der Waals surface area contributed by atoms with Gasteiger partial charge < -0.3 is 5.32 Å². The maximum absolute atomic E-state index is 12.6. The molecule has 1 atom stereocenters. The van der Waals surface area contributed by atoms with Gasteiger partial charge in [0.2, 0.25) is 0 Å². The largest absolute Gasteiger partial charge is 0.443 e. The van der Waals surface area contributed by atoms with Crippen LogP contribution in [0.5, 0.6) is 0 Å². The standard InChI is InChI=1S/C11H9BrF3N3S/c1-16-9(8-6(12)3-2-4-17-8)7-5-18-10(19-7)11(13,14)15/h2-5,9,16H,1H3. The first-order valence-corrected chi connectivity index (χ1v) is 6.85. The molecule has 2 rings (SSSR count). The third-order valence-electron chi connectivity index (χ3n) is 2.40. The SMILES string of the molecule is CNC(c1cnc(C(F)(F)F)s1)c1ncccc1Br. The van der Waals surface area contributed by atoms with E-state index in [1.165, 1.54) is 6.20 Å². The van der Waals surface area contributed by atoms with E-state index in [-0.39, 0.29) is 0 Å². The van der Waals surface area contributed by atoms with Crippen LogP contribution in [0.15, 0.2) is 29.0 Å². The number of aromatic nitrogens is 2. The van der Waals surface area contributed by atoms with Gasteiger partial charge in [-0.25, -0.2) is 4.98 Å². The highest BCUT2D eigenvalue weighted by molar-refractivity contribution is 9.10. The summed E-state index contributed by atoms with van der Waals surface area (Å²) >= 11 is 3.96. The Morgan fingerprint density at radius 3 is 2.63 bits per heavy atom. The molecule has 2 aromatic rings. The Labute approximate surface area is 120 Å². The van der Waals surface area contributed by atoms with Gasteiger partial charge in [-0.2, -0.15) is 13.2 Å². The Morgan fingerprint density at radius 2 is 2.11 bits per heavy atom. The summed E-state index contributed by atoms with van der Waals surface area (Å²) in [6.07, 6.45) is -1.59. The van der Waals surface area contributed by atoms with Crippen molar-refractivity contribution in [2.24, 2.45) is 0 Å². The molecule has 1 unspecified atom stereocenters. The van der Waals surface area contributed by atoms with Gasteiger partial charge in [0.15, 0.2) is 5.01 Å². The zero-order chi connectivity index (χ0) is 14.0. The molecule has 0 amide bonds. The zero-order valence-corrected chi connectivity index (χ0v) is 12.1. The molecular formula is C11H9BrF3N3S. The van der Waals surface area contributed by atoms with E-state index >= 15 is 0 Å². The average molecular weight is 352 g/mol. The Kier molecular flexibility index (Phi) is 4.22. The maximum Gasteiger partial charge on any atom is 0.443 e. The monoisotopic (exact) mass is 351 g/mol. The summed E-state index contributed by atoms with van der Waals surface area (Å²) in [7, 11) is 1.67. The van der Waals surface area contributed by atoms with Gasteiger partial charge in [-0.05, 0) is 35.1 Å². The van der Waals surface area contributed by atoms with Gasteiger partial charge in [-0.15, -0.1) is 11.3 Å². The van der Waals surface area contributed by atoms with Crippen molar-refractivity contribution in [1.29, 1.82) is 0 Å². The average Bonchev–Trinajstić information content (AvgIpc) is 2.82. The molecule has 0 saturated carbocycles. The van der Waals surface area contributed by atoms with Crippen molar-refractivity contribution in [3.63, 3.8) is 0 Å². The lowest BCUT2D eigenvalue weighted by atomic mass is 10.1. The van der Waals surface area contributed by atoms with Crippen LogP contribution in [0, 0.1) is 0 Å². The van der Waals surface area contributed by atoms with Crippen molar-refractivity contribution in [2.75, 3.05) is 7.05 Å². The molecule has 0 saturated heterocycles. The lowest BCUT2D eigenvalue weighted by molar-refractivity contribution is -0.137. The number of nitrogens with zero attached hydrogens (tertiary/aromatic N) is 2. The van der Waals surface area contributed by atoms with Crippen LogP contribution in [0.2, 0.25) is 0 Å². The second kappa shape index (κ2) is 5.56. The first-order valence-electron chi connectivity index (χ1n) is 5.24. The molecule has 0 spiro atoms. The summed E-state index contributed by atoms with van der Waals surface area (Å²) in [4.78, 5) is 8.07. The lowest BCUT2D eigenvalue weighted by Crippen LogP contribution is -2.18. The minimum Gasteiger partial charge on any atom is -0.307 e. The second-order valence-corrected chi connectivity index (χ2v) is 5.57. The molecule has 2 heterocycles. The van der Waals surface area contributed by atoms with Crippen LogP contribution in [0.3, 0.4) is 0 Å². The first-order chi connectivity index (χ1) is 8.93. The van der Waals surface area contributed by atoms with Crippen molar-refractivity contribution < 1.29 is 13.2 Å². The minimum atomic E-state index is -4.41. The molecule has 0 fully saturated rings. The van der Waals surface area contributed by atoms with Crippen LogP contribution in [-0.4, -0.2) is 17.0 Å². The minimum absolute atomic E-state index is 0.427. The summed E-state index contributed by atoms with van der Waals surface area (Å²) < 4.78 is 38.4. The van der Waals surface area contributed by atoms with Crippen LogP contribution in [0.1, 0.15) is 21.6 Å². The van der Waals surface area contributed by atoms with Crippen molar-refractivity contribution >= 4 is 27.3 Å². The van der Waals surface area contributed by atoms with E-state index < -0.39 is 17.2 Å². The Bertz CT molecular complexity index is 570. The Hall–Kier alpha value is -0.990. The highest BCUT2D eigenvalue weighted by atomic mass is 79.9. The van der Waals surface area contributed by atoms with Gasteiger partial charge in [-0.1, -0.05) is 0 Å². The van der Waals surface area contributed by atoms with Crippen LogP contribution >= 0.6 is 27.3 Å². The highest BCUT2D eigenvalue weighted by Crippen LogP contribution is 2.36. The molecule has 102 valence electrons. The molecular weight excluding hydrogens is 343 g/mol. The molecule has 0 bridgehead atoms. The first kappa shape index (κ1) is 14.4. The Balaban J connectivity index is 2.38.